The maximum atomic E-state index is 6.60. The SMILES string of the molecule is c1ccc(-c2nc(-n3c4cc(-c5ccc6c(c5)Oc5ccccc5N6c5ccccc5)ccc4c4c5ccccc5ccc43)nc3ccccc23)cc1. The molecule has 53 heavy (non-hydrogen) atoms. The molecule has 0 saturated heterocycles. The molecule has 0 atom stereocenters. The zero-order valence-corrected chi connectivity index (χ0v) is 28.5. The Balaban J connectivity index is 1.15. The highest BCUT2D eigenvalue weighted by Crippen LogP contribution is 2.51. The quantitative estimate of drug-likeness (QED) is 0.186. The van der Waals surface area contributed by atoms with Crippen molar-refractivity contribution in [1.82, 2.24) is 14.5 Å². The summed E-state index contributed by atoms with van der Waals surface area (Å²) in [5.41, 5.74) is 10.2. The minimum atomic E-state index is 0.638. The van der Waals surface area contributed by atoms with Crippen molar-refractivity contribution in [3.63, 3.8) is 0 Å². The lowest BCUT2D eigenvalue weighted by atomic mass is 10.00. The van der Waals surface area contributed by atoms with Crippen LogP contribution in [0.1, 0.15) is 0 Å². The third-order valence-corrected chi connectivity index (χ3v) is 10.4. The predicted molar refractivity (Wildman–Crippen MR) is 217 cm³/mol. The number of fused-ring (bicyclic) bond motifs is 8. The molecule has 0 saturated carbocycles. The van der Waals surface area contributed by atoms with E-state index in [0.717, 1.165) is 78.3 Å². The summed E-state index contributed by atoms with van der Waals surface area (Å²) >= 11 is 0. The number of benzene rings is 8. The summed E-state index contributed by atoms with van der Waals surface area (Å²) in [5, 5.41) is 5.76. The Morgan fingerprint density at radius 2 is 1.13 bits per heavy atom. The van der Waals surface area contributed by atoms with E-state index in [1.807, 2.05) is 30.3 Å². The first kappa shape index (κ1) is 29.5. The molecule has 0 spiro atoms. The fraction of sp³-hybridized carbons (Fsp3) is 0. The van der Waals surface area contributed by atoms with E-state index in [1.165, 1.54) is 16.2 Å². The molecule has 8 aromatic carbocycles. The molecule has 248 valence electrons. The van der Waals surface area contributed by atoms with Gasteiger partial charge in [-0.25, -0.2) is 9.97 Å². The minimum Gasteiger partial charge on any atom is -0.453 e. The number of nitrogens with zero attached hydrogens (tertiary/aromatic N) is 4. The van der Waals surface area contributed by atoms with Gasteiger partial charge in [-0.3, -0.25) is 4.57 Å². The molecule has 1 aliphatic rings. The Morgan fingerprint density at radius 3 is 2.02 bits per heavy atom. The number of anilines is 3. The Morgan fingerprint density at radius 1 is 0.434 bits per heavy atom. The summed E-state index contributed by atoms with van der Waals surface area (Å²) in [6.07, 6.45) is 0. The molecule has 0 bridgehead atoms. The van der Waals surface area contributed by atoms with Gasteiger partial charge in [0.2, 0.25) is 5.95 Å². The molecule has 0 radical (unpaired) electrons. The highest BCUT2D eigenvalue weighted by atomic mass is 16.5. The minimum absolute atomic E-state index is 0.638. The monoisotopic (exact) mass is 678 g/mol. The highest BCUT2D eigenvalue weighted by Gasteiger charge is 2.26. The van der Waals surface area contributed by atoms with Gasteiger partial charge >= 0.3 is 0 Å². The molecule has 10 aromatic rings. The maximum absolute atomic E-state index is 6.60. The van der Waals surface area contributed by atoms with Crippen molar-refractivity contribution in [2.45, 2.75) is 0 Å². The van der Waals surface area contributed by atoms with Gasteiger partial charge in [-0.15, -0.1) is 0 Å². The first-order valence-corrected chi connectivity index (χ1v) is 17.8. The summed E-state index contributed by atoms with van der Waals surface area (Å²) in [5.74, 6) is 2.27. The molecule has 11 rings (SSSR count). The molecule has 5 heteroatoms. The van der Waals surface area contributed by atoms with E-state index < -0.39 is 0 Å². The topological polar surface area (TPSA) is 43.2 Å². The molecular weight excluding hydrogens is 649 g/mol. The van der Waals surface area contributed by atoms with E-state index in [0.29, 0.717) is 5.95 Å². The third kappa shape index (κ3) is 4.64. The molecule has 0 unspecified atom stereocenters. The van der Waals surface area contributed by atoms with E-state index in [4.69, 9.17) is 14.7 Å². The van der Waals surface area contributed by atoms with Gasteiger partial charge in [0.25, 0.3) is 0 Å². The van der Waals surface area contributed by atoms with Crippen LogP contribution in [0.25, 0.3) is 71.8 Å². The number of aromatic nitrogens is 3. The van der Waals surface area contributed by atoms with Crippen molar-refractivity contribution in [2.24, 2.45) is 0 Å². The molecule has 0 fully saturated rings. The zero-order valence-electron chi connectivity index (χ0n) is 28.5. The average molecular weight is 679 g/mol. The van der Waals surface area contributed by atoms with Crippen molar-refractivity contribution < 1.29 is 4.74 Å². The van der Waals surface area contributed by atoms with Crippen LogP contribution in [0.15, 0.2) is 182 Å². The van der Waals surface area contributed by atoms with E-state index in [9.17, 15) is 0 Å². The van der Waals surface area contributed by atoms with Crippen LogP contribution in [0.4, 0.5) is 17.1 Å². The smallest absolute Gasteiger partial charge is 0.235 e. The summed E-state index contributed by atoms with van der Waals surface area (Å²) in [6.45, 7) is 0. The number of ether oxygens (including phenoxy) is 1. The number of hydrogen-bond acceptors (Lipinski definition) is 4. The van der Waals surface area contributed by atoms with Gasteiger partial charge in [-0.05, 0) is 76.5 Å². The predicted octanol–water partition coefficient (Wildman–Crippen LogP) is 12.8. The Kier molecular flexibility index (Phi) is 6.48. The zero-order chi connectivity index (χ0) is 34.9. The lowest BCUT2D eigenvalue weighted by molar-refractivity contribution is 0.477. The van der Waals surface area contributed by atoms with Crippen LogP contribution in [0.2, 0.25) is 0 Å². The molecule has 2 aromatic heterocycles. The van der Waals surface area contributed by atoms with Crippen LogP contribution in [0.3, 0.4) is 0 Å². The molecular formula is C48H30N4O. The van der Waals surface area contributed by atoms with Crippen molar-refractivity contribution in [3.05, 3.63) is 182 Å². The second kappa shape index (κ2) is 11.7. The Labute approximate surface area is 305 Å². The average Bonchev–Trinajstić information content (AvgIpc) is 3.57. The fourth-order valence-electron chi connectivity index (χ4n) is 7.95. The van der Waals surface area contributed by atoms with Crippen LogP contribution >= 0.6 is 0 Å². The first-order chi connectivity index (χ1) is 26.3. The van der Waals surface area contributed by atoms with E-state index in [1.54, 1.807) is 0 Å². The second-order valence-corrected chi connectivity index (χ2v) is 13.4. The molecule has 0 aliphatic carbocycles. The molecule has 0 amide bonds. The van der Waals surface area contributed by atoms with E-state index in [2.05, 4.69) is 161 Å². The van der Waals surface area contributed by atoms with Crippen LogP contribution in [-0.2, 0) is 0 Å². The molecule has 1 aliphatic heterocycles. The van der Waals surface area contributed by atoms with Gasteiger partial charge in [0.15, 0.2) is 11.5 Å². The number of para-hydroxylation sites is 4. The van der Waals surface area contributed by atoms with Crippen molar-refractivity contribution in [1.29, 1.82) is 0 Å². The van der Waals surface area contributed by atoms with Gasteiger partial charge in [0.05, 0.1) is 33.6 Å². The maximum Gasteiger partial charge on any atom is 0.235 e. The van der Waals surface area contributed by atoms with Gasteiger partial charge in [0, 0.05) is 27.4 Å². The number of hydrogen-bond donors (Lipinski definition) is 0. The molecule has 3 heterocycles. The van der Waals surface area contributed by atoms with Crippen LogP contribution < -0.4 is 9.64 Å². The second-order valence-electron chi connectivity index (χ2n) is 13.4. The largest absolute Gasteiger partial charge is 0.453 e. The van der Waals surface area contributed by atoms with Crippen molar-refractivity contribution in [2.75, 3.05) is 4.90 Å². The van der Waals surface area contributed by atoms with E-state index >= 15 is 0 Å². The molecule has 0 N–H and O–H groups in total. The van der Waals surface area contributed by atoms with Crippen molar-refractivity contribution >= 4 is 60.5 Å². The van der Waals surface area contributed by atoms with E-state index in [-0.39, 0.29) is 0 Å². The standard InChI is InChI=1S/C48H30N4O/c1-3-14-32(15-4-1)47-37-19-9-10-20-39(37)49-48(50-47)52-42-28-24-31-13-7-8-18-36(31)46(42)38-26-23-33(29-43(38)52)34-25-27-41-45(30-34)53-44-22-12-11-21-40(44)51(41)35-16-5-2-6-17-35/h1-30H. The normalized spacial score (nSPS) is 12.3. The van der Waals surface area contributed by atoms with Crippen molar-refractivity contribution in [3.8, 4) is 39.8 Å². The van der Waals surface area contributed by atoms with Crippen LogP contribution in [0, 0.1) is 0 Å². The molecule has 5 nitrogen and oxygen atoms in total. The lowest BCUT2D eigenvalue weighted by Gasteiger charge is -2.33. The van der Waals surface area contributed by atoms with Crippen LogP contribution in [-0.4, -0.2) is 14.5 Å². The Hall–Kier alpha value is -7.24. The van der Waals surface area contributed by atoms with Crippen LogP contribution in [0.5, 0.6) is 11.5 Å². The highest BCUT2D eigenvalue weighted by molar-refractivity contribution is 6.21. The van der Waals surface area contributed by atoms with Gasteiger partial charge < -0.3 is 9.64 Å². The Bertz CT molecular complexity index is 3040. The summed E-state index contributed by atoms with van der Waals surface area (Å²) in [6, 6.07) is 63.6. The third-order valence-electron chi connectivity index (χ3n) is 10.4. The summed E-state index contributed by atoms with van der Waals surface area (Å²) in [4.78, 5) is 12.8. The van der Waals surface area contributed by atoms with Gasteiger partial charge in [-0.2, -0.15) is 0 Å². The summed E-state index contributed by atoms with van der Waals surface area (Å²) in [7, 11) is 0. The van der Waals surface area contributed by atoms with Gasteiger partial charge in [0.1, 0.15) is 0 Å². The first-order valence-electron chi connectivity index (χ1n) is 17.8. The number of rotatable bonds is 4. The van der Waals surface area contributed by atoms with Gasteiger partial charge in [-0.1, -0.05) is 127 Å². The summed E-state index contributed by atoms with van der Waals surface area (Å²) < 4.78 is 8.84. The fourth-order valence-corrected chi connectivity index (χ4v) is 7.95. The lowest BCUT2D eigenvalue weighted by Crippen LogP contribution is -2.15.